The molecule has 39 heavy (non-hydrogen) atoms. The van der Waals surface area contributed by atoms with Gasteiger partial charge in [-0.05, 0) is 48.5 Å². The van der Waals surface area contributed by atoms with Crippen LogP contribution < -0.4 is 14.9 Å². The van der Waals surface area contributed by atoms with Gasteiger partial charge in [0.15, 0.2) is 5.82 Å². The molecular weight excluding hydrogens is 541 g/mol. The Morgan fingerprint density at radius 1 is 1.05 bits per heavy atom. The summed E-state index contributed by atoms with van der Waals surface area (Å²) in [7, 11) is -2.56. The van der Waals surface area contributed by atoms with E-state index >= 15 is 4.39 Å². The third-order valence-corrected chi connectivity index (χ3v) is 8.46. The van der Waals surface area contributed by atoms with Crippen molar-refractivity contribution in [2.45, 2.75) is 6.92 Å². The van der Waals surface area contributed by atoms with E-state index < -0.39 is 16.0 Å². The Labute approximate surface area is 232 Å². The molecule has 1 aliphatic rings. The van der Waals surface area contributed by atoms with Gasteiger partial charge in [0, 0.05) is 85.8 Å². The molecule has 0 amide bonds. The van der Waals surface area contributed by atoms with Crippen LogP contribution in [0.4, 0.5) is 15.8 Å². The number of nitrogens with one attached hydrogen (secondary N) is 2. The Morgan fingerprint density at radius 2 is 1.72 bits per heavy atom. The molecule has 0 radical (unpaired) electrons. The Balaban J connectivity index is 1.58. The van der Waals surface area contributed by atoms with Crippen LogP contribution in [0, 0.1) is 5.82 Å². The Bertz CT molecular complexity index is 1560. The van der Waals surface area contributed by atoms with E-state index in [-0.39, 0.29) is 22.8 Å². The van der Waals surface area contributed by atoms with Gasteiger partial charge in [0.05, 0.1) is 11.4 Å². The molecule has 1 aliphatic heterocycles. The average molecular weight is 570 g/mol. The van der Waals surface area contributed by atoms with E-state index in [0.29, 0.717) is 11.3 Å². The van der Waals surface area contributed by atoms with Crippen molar-refractivity contribution in [3.05, 3.63) is 78.0 Å². The lowest BCUT2D eigenvalue weighted by Crippen LogP contribution is -2.43. The van der Waals surface area contributed by atoms with Gasteiger partial charge in [0.25, 0.3) is 0 Å². The van der Waals surface area contributed by atoms with Gasteiger partial charge < -0.3 is 10.2 Å². The number of hydrogen-bond donors (Lipinski definition) is 2. The molecule has 3 heterocycles. The largest absolute Gasteiger partial charge is 0.369 e. The standard InChI is InChI=1S/C27H29ClFN7O2S/c1-3-34(2)39(37,38)33-25-17-20(28)16-23(26(25)29)24-18-36(32-27(24)19-8-10-30-11-9-19)22-6-4-21(5-7-22)35-14-12-31-13-15-35/h4-11,16-18,31,33H,3,12-15H2,1-2H3. The number of aromatic nitrogens is 3. The molecule has 9 nitrogen and oxygen atoms in total. The molecular formula is C27H29ClFN7O2S. The molecule has 204 valence electrons. The van der Waals surface area contributed by atoms with E-state index in [0.717, 1.165) is 47.4 Å². The Morgan fingerprint density at radius 3 is 2.38 bits per heavy atom. The molecule has 0 bridgehead atoms. The SMILES string of the molecule is CCN(C)S(=O)(=O)Nc1cc(Cl)cc(-c2cn(-c3ccc(N4CCNCC4)cc3)nc2-c2ccncc2)c1F. The normalized spacial score (nSPS) is 14.1. The fourth-order valence-corrected chi connectivity index (χ4v) is 5.55. The fraction of sp³-hybridized carbons (Fsp3) is 0.259. The summed E-state index contributed by atoms with van der Waals surface area (Å²) in [5, 5.41) is 8.33. The van der Waals surface area contributed by atoms with Crippen molar-refractivity contribution in [1.29, 1.82) is 0 Å². The maximum absolute atomic E-state index is 15.9. The first-order valence-corrected chi connectivity index (χ1v) is 14.4. The predicted octanol–water partition coefficient (Wildman–Crippen LogP) is 4.41. The second-order valence-corrected chi connectivity index (χ2v) is 11.4. The number of pyridine rings is 1. The molecule has 1 fully saturated rings. The zero-order chi connectivity index (χ0) is 27.6. The second-order valence-electron chi connectivity index (χ2n) is 9.16. The number of benzene rings is 2. The van der Waals surface area contributed by atoms with Crippen LogP contribution >= 0.6 is 11.6 Å². The van der Waals surface area contributed by atoms with Gasteiger partial charge in [-0.3, -0.25) is 9.71 Å². The number of piperazine rings is 1. The quantitative estimate of drug-likeness (QED) is 0.326. The summed E-state index contributed by atoms with van der Waals surface area (Å²) in [6.45, 7) is 5.66. The van der Waals surface area contributed by atoms with E-state index in [1.54, 1.807) is 42.3 Å². The number of halogens is 2. The van der Waals surface area contributed by atoms with Crippen molar-refractivity contribution < 1.29 is 12.8 Å². The topological polar surface area (TPSA) is 95.4 Å². The molecule has 4 aromatic rings. The maximum Gasteiger partial charge on any atom is 0.301 e. The molecule has 12 heteroatoms. The van der Waals surface area contributed by atoms with Gasteiger partial charge in [-0.2, -0.15) is 17.8 Å². The summed E-state index contributed by atoms with van der Waals surface area (Å²) in [5.74, 6) is -0.753. The summed E-state index contributed by atoms with van der Waals surface area (Å²) in [6, 6.07) is 14.3. The zero-order valence-corrected chi connectivity index (χ0v) is 23.2. The zero-order valence-electron chi connectivity index (χ0n) is 21.6. The lowest BCUT2D eigenvalue weighted by atomic mass is 10.0. The third kappa shape index (κ3) is 5.76. The van der Waals surface area contributed by atoms with Crippen molar-refractivity contribution in [2.75, 3.05) is 49.4 Å². The highest BCUT2D eigenvalue weighted by atomic mass is 35.5. The maximum atomic E-state index is 15.9. The number of anilines is 2. The van der Waals surface area contributed by atoms with Gasteiger partial charge >= 0.3 is 10.2 Å². The summed E-state index contributed by atoms with van der Waals surface area (Å²) in [6.07, 6.45) is 4.99. The van der Waals surface area contributed by atoms with Crippen LogP contribution in [0.15, 0.2) is 67.1 Å². The van der Waals surface area contributed by atoms with Crippen LogP contribution in [0.2, 0.25) is 5.02 Å². The first-order chi connectivity index (χ1) is 18.8. The molecule has 0 saturated carbocycles. The number of nitrogens with zero attached hydrogens (tertiary/aromatic N) is 5. The van der Waals surface area contributed by atoms with E-state index in [9.17, 15) is 8.42 Å². The van der Waals surface area contributed by atoms with Crippen molar-refractivity contribution in [1.82, 2.24) is 24.4 Å². The summed E-state index contributed by atoms with van der Waals surface area (Å²) < 4.78 is 46.3. The first-order valence-electron chi connectivity index (χ1n) is 12.6. The summed E-state index contributed by atoms with van der Waals surface area (Å²) in [4.78, 5) is 6.40. The fourth-order valence-electron chi connectivity index (χ4n) is 4.41. The molecule has 5 rings (SSSR count). The third-order valence-electron chi connectivity index (χ3n) is 6.69. The lowest BCUT2D eigenvalue weighted by molar-refractivity contribution is 0.491. The molecule has 2 aromatic heterocycles. The minimum atomic E-state index is -3.97. The van der Waals surface area contributed by atoms with E-state index in [1.807, 2.05) is 24.3 Å². The first kappa shape index (κ1) is 27.1. The summed E-state index contributed by atoms with van der Waals surface area (Å²) >= 11 is 6.37. The van der Waals surface area contributed by atoms with Crippen molar-refractivity contribution >= 4 is 33.2 Å². The van der Waals surface area contributed by atoms with Gasteiger partial charge in [0.2, 0.25) is 0 Å². The van der Waals surface area contributed by atoms with E-state index in [1.165, 1.54) is 19.2 Å². The highest BCUT2D eigenvalue weighted by Gasteiger charge is 2.24. The molecule has 2 aromatic carbocycles. The summed E-state index contributed by atoms with van der Waals surface area (Å²) in [5.41, 5.74) is 3.48. The average Bonchev–Trinajstić information content (AvgIpc) is 3.40. The van der Waals surface area contributed by atoms with Crippen LogP contribution in [0.1, 0.15) is 6.92 Å². The van der Waals surface area contributed by atoms with E-state index in [2.05, 4.69) is 19.9 Å². The van der Waals surface area contributed by atoms with Crippen molar-refractivity contribution in [2.24, 2.45) is 0 Å². The van der Waals surface area contributed by atoms with Crippen LogP contribution in [0.5, 0.6) is 0 Å². The minimum Gasteiger partial charge on any atom is -0.369 e. The number of rotatable bonds is 8. The second kappa shape index (κ2) is 11.3. The molecule has 0 atom stereocenters. The van der Waals surface area contributed by atoms with Gasteiger partial charge in [-0.15, -0.1) is 0 Å². The highest BCUT2D eigenvalue weighted by Crippen LogP contribution is 2.38. The van der Waals surface area contributed by atoms with E-state index in [4.69, 9.17) is 16.7 Å². The van der Waals surface area contributed by atoms with Gasteiger partial charge in [-0.1, -0.05) is 18.5 Å². The minimum absolute atomic E-state index is 0.120. The lowest BCUT2D eigenvalue weighted by Gasteiger charge is -2.29. The molecule has 1 saturated heterocycles. The molecule has 0 unspecified atom stereocenters. The van der Waals surface area contributed by atoms with Gasteiger partial charge in [0.1, 0.15) is 5.69 Å². The molecule has 2 N–H and O–H groups in total. The van der Waals surface area contributed by atoms with Crippen LogP contribution in [0.3, 0.4) is 0 Å². The van der Waals surface area contributed by atoms with Crippen molar-refractivity contribution in [3.8, 4) is 28.1 Å². The predicted molar refractivity (Wildman–Crippen MR) is 153 cm³/mol. The van der Waals surface area contributed by atoms with Gasteiger partial charge in [-0.25, -0.2) is 9.07 Å². The van der Waals surface area contributed by atoms with Crippen LogP contribution in [-0.2, 0) is 10.2 Å². The molecule has 0 aliphatic carbocycles. The Hall–Kier alpha value is -3.51. The smallest absolute Gasteiger partial charge is 0.301 e. The van der Waals surface area contributed by atoms with Crippen LogP contribution in [-0.4, -0.2) is 67.3 Å². The highest BCUT2D eigenvalue weighted by molar-refractivity contribution is 7.90. The van der Waals surface area contributed by atoms with Crippen molar-refractivity contribution in [3.63, 3.8) is 0 Å². The monoisotopic (exact) mass is 569 g/mol. The molecule has 0 spiro atoms. The van der Waals surface area contributed by atoms with Crippen LogP contribution in [0.25, 0.3) is 28.1 Å². The number of hydrogen-bond acceptors (Lipinski definition) is 6. The Kier molecular flexibility index (Phi) is 7.85.